The van der Waals surface area contributed by atoms with Crippen LogP contribution in [0.15, 0.2) is 15.9 Å². The zero-order chi connectivity index (χ0) is 14.8. The molecule has 0 amide bonds. The number of hydrogen-bond acceptors (Lipinski definition) is 4. The second-order valence-corrected chi connectivity index (χ2v) is 7.01. The monoisotopic (exact) mass is 384 g/mol. The van der Waals surface area contributed by atoms with Crippen molar-refractivity contribution in [1.82, 2.24) is 10.3 Å². The van der Waals surface area contributed by atoms with Gasteiger partial charge in [-0.15, -0.1) is 22.7 Å². The number of nitrogens with one attached hydrogen (secondary N) is 1. The van der Waals surface area contributed by atoms with E-state index in [0.29, 0.717) is 11.6 Å². The Kier molecular flexibility index (Phi) is 5.22. The molecule has 0 saturated carbocycles. The lowest BCUT2D eigenvalue weighted by Gasteiger charge is -2.06. The first-order valence-corrected chi connectivity index (χ1v) is 8.42. The third-order valence-electron chi connectivity index (χ3n) is 2.46. The molecule has 0 aromatic carbocycles. The number of alkyl halides is 3. The fourth-order valence-corrected chi connectivity index (χ4v) is 4.14. The zero-order valence-electron chi connectivity index (χ0n) is 10.6. The molecule has 2 aromatic rings. The van der Waals surface area contributed by atoms with Crippen LogP contribution in [0.2, 0.25) is 0 Å². The van der Waals surface area contributed by atoms with Gasteiger partial charge in [0.2, 0.25) is 0 Å². The molecule has 0 atom stereocenters. The van der Waals surface area contributed by atoms with Crippen molar-refractivity contribution in [3.63, 3.8) is 0 Å². The van der Waals surface area contributed by atoms with Crippen LogP contribution in [0, 0.1) is 0 Å². The molecule has 0 bridgehead atoms. The van der Waals surface area contributed by atoms with E-state index in [0.717, 1.165) is 27.1 Å². The van der Waals surface area contributed by atoms with E-state index < -0.39 is 11.9 Å². The molecule has 20 heavy (non-hydrogen) atoms. The number of rotatable bonds is 5. The number of hydrogen-bond donors (Lipinski definition) is 1. The average molecular weight is 385 g/mol. The van der Waals surface area contributed by atoms with Crippen molar-refractivity contribution in [3.05, 3.63) is 26.5 Å². The van der Waals surface area contributed by atoms with Gasteiger partial charge in [-0.05, 0) is 35.0 Å². The number of nitrogens with zero attached hydrogens (tertiary/aromatic N) is 1. The first kappa shape index (κ1) is 15.9. The first-order valence-electron chi connectivity index (χ1n) is 5.94. The number of aromatic nitrogens is 1. The van der Waals surface area contributed by atoms with E-state index in [4.69, 9.17) is 0 Å². The molecule has 110 valence electrons. The summed E-state index contributed by atoms with van der Waals surface area (Å²) in [5.41, 5.74) is -0.773. The van der Waals surface area contributed by atoms with Crippen LogP contribution in [0.3, 0.4) is 0 Å². The third-order valence-corrected chi connectivity index (χ3v) is 5.37. The van der Waals surface area contributed by atoms with Gasteiger partial charge in [0.15, 0.2) is 5.69 Å². The summed E-state index contributed by atoms with van der Waals surface area (Å²) in [5.74, 6) is 0. The molecule has 0 spiro atoms. The Labute approximate surface area is 131 Å². The molecular formula is C12H12BrF3N2S2. The highest BCUT2D eigenvalue weighted by molar-refractivity contribution is 9.10. The summed E-state index contributed by atoms with van der Waals surface area (Å²) in [6, 6.07) is 1.78. The molecule has 0 aliphatic rings. The maximum absolute atomic E-state index is 13.0. The van der Waals surface area contributed by atoms with Crippen molar-refractivity contribution in [2.75, 3.05) is 6.54 Å². The molecule has 8 heteroatoms. The minimum atomic E-state index is -4.41. The summed E-state index contributed by atoms with van der Waals surface area (Å²) < 4.78 is 39.9. The van der Waals surface area contributed by atoms with E-state index in [2.05, 4.69) is 26.2 Å². The highest BCUT2D eigenvalue weighted by Crippen LogP contribution is 2.39. The van der Waals surface area contributed by atoms with Gasteiger partial charge in [-0.1, -0.05) is 6.92 Å². The Morgan fingerprint density at radius 1 is 1.40 bits per heavy atom. The zero-order valence-corrected chi connectivity index (χ0v) is 13.8. The highest BCUT2D eigenvalue weighted by atomic mass is 79.9. The predicted molar refractivity (Wildman–Crippen MR) is 80.1 cm³/mol. The van der Waals surface area contributed by atoms with E-state index in [1.54, 1.807) is 6.07 Å². The fraction of sp³-hybridized carbons (Fsp3) is 0.417. The van der Waals surface area contributed by atoms with Gasteiger partial charge in [0.05, 0.1) is 9.75 Å². The molecular weight excluding hydrogens is 373 g/mol. The molecule has 2 nitrogen and oxygen atoms in total. The molecule has 2 aromatic heterocycles. The van der Waals surface area contributed by atoms with Crippen LogP contribution >= 0.6 is 38.6 Å². The molecule has 0 fully saturated rings. The normalized spacial score (nSPS) is 12.1. The second-order valence-electron chi connectivity index (χ2n) is 4.09. The molecule has 2 rings (SSSR count). The summed E-state index contributed by atoms with van der Waals surface area (Å²) in [6.45, 7) is 2.86. The van der Waals surface area contributed by atoms with E-state index in [1.165, 1.54) is 11.3 Å². The van der Waals surface area contributed by atoms with E-state index in [9.17, 15) is 13.2 Å². The molecule has 0 unspecified atom stereocenters. The lowest BCUT2D eigenvalue weighted by atomic mass is 10.3. The van der Waals surface area contributed by atoms with Gasteiger partial charge in [-0.2, -0.15) is 13.2 Å². The van der Waals surface area contributed by atoms with E-state index in [-0.39, 0.29) is 11.4 Å². The van der Waals surface area contributed by atoms with Crippen LogP contribution in [0.4, 0.5) is 13.2 Å². The average Bonchev–Trinajstić information content (AvgIpc) is 2.95. The summed E-state index contributed by atoms with van der Waals surface area (Å²) in [7, 11) is 0. The summed E-state index contributed by atoms with van der Waals surface area (Å²) >= 11 is 5.77. The minimum Gasteiger partial charge on any atom is -0.312 e. The van der Waals surface area contributed by atoms with Gasteiger partial charge < -0.3 is 5.32 Å². The smallest absolute Gasteiger partial charge is 0.312 e. The van der Waals surface area contributed by atoms with Crippen LogP contribution in [-0.4, -0.2) is 11.5 Å². The largest absolute Gasteiger partial charge is 0.434 e. The van der Waals surface area contributed by atoms with Crippen molar-refractivity contribution in [2.24, 2.45) is 0 Å². The van der Waals surface area contributed by atoms with Crippen molar-refractivity contribution < 1.29 is 13.2 Å². The van der Waals surface area contributed by atoms with Crippen molar-refractivity contribution in [3.8, 4) is 9.88 Å². The summed E-state index contributed by atoms with van der Waals surface area (Å²) in [6.07, 6.45) is -3.53. The van der Waals surface area contributed by atoms with Crippen molar-refractivity contribution in [2.45, 2.75) is 26.1 Å². The van der Waals surface area contributed by atoms with Crippen LogP contribution < -0.4 is 5.32 Å². The van der Waals surface area contributed by atoms with Crippen LogP contribution in [0.25, 0.3) is 9.88 Å². The number of halogens is 4. The van der Waals surface area contributed by atoms with Crippen LogP contribution in [-0.2, 0) is 12.7 Å². The minimum absolute atomic E-state index is 0.201. The molecule has 0 aliphatic heterocycles. The Balaban J connectivity index is 2.31. The molecule has 1 N–H and O–H groups in total. The van der Waals surface area contributed by atoms with E-state index >= 15 is 0 Å². The maximum Gasteiger partial charge on any atom is 0.434 e. The van der Waals surface area contributed by atoms with Gasteiger partial charge in [0.1, 0.15) is 5.01 Å². The quantitative estimate of drug-likeness (QED) is 0.720. The van der Waals surface area contributed by atoms with Gasteiger partial charge in [-0.25, -0.2) is 4.98 Å². The first-order chi connectivity index (χ1) is 9.41. The van der Waals surface area contributed by atoms with Crippen molar-refractivity contribution >= 4 is 38.6 Å². The Morgan fingerprint density at radius 3 is 2.70 bits per heavy atom. The molecule has 0 saturated heterocycles. The standard InChI is InChI=1S/C12H12BrF3N2S2/c1-2-3-17-5-9-10(12(14,15)16)18-11(20-9)8-4-7(13)6-19-8/h4,6,17H,2-3,5H2,1H3. The lowest BCUT2D eigenvalue weighted by molar-refractivity contribution is -0.141. The number of thiazole rings is 1. The molecule has 0 radical (unpaired) electrons. The van der Waals surface area contributed by atoms with E-state index in [1.807, 2.05) is 12.3 Å². The maximum atomic E-state index is 13.0. The fourth-order valence-electron chi connectivity index (χ4n) is 1.60. The van der Waals surface area contributed by atoms with Gasteiger partial charge in [0.25, 0.3) is 0 Å². The summed E-state index contributed by atoms with van der Waals surface area (Å²) in [4.78, 5) is 4.77. The third kappa shape index (κ3) is 3.81. The lowest BCUT2D eigenvalue weighted by Crippen LogP contribution is -2.17. The van der Waals surface area contributed by atoms with Gasteiger partial charge >= 0.3 is 6.18 Å². The number of thiophene rings is 1. The summed E-state index contributed by atoms with van der Waals surface area (Å²) in [5, 5.41) is 5.25. The van der Waals surface area contributed by atoms with Crippen LogP contribution in [0.5, 0.6) is 0 Å². The Hall–Kier alpha value is -0.440. The highest BCUT2D eigenvalue weighted by Gasteiger charge is 2.37. The Bertz CT molecular complexity index is 578. The molecule has 2 heterocycles. The Morgan fingerprint density at radius 2 is 2.15 bits per heavy atom. The van der Waals surface area contributed by atoms with Gasteiger partial charge in [0, 0.05) is 16.4 Å². The van der Waals surface area contributed by atoms with Crippen molar-refractivity contribution in [1.29, 1.82) is 0 Å². The molecule has 0 aliphatic carbocycles. The second kappa shape index (κ2) is 6.55. The van der Waals surface area contributed by atoms with Crippen LogP contribution in [0.1, 0.15) is 23.9 Å². The van der Waals surface area contributed by atoms with Gasteiger partial charge in [-0.3, -0.25) is 0 Å². The topological polar surface area (TPSA) is 24.9 Å². The predicted octanol–water partition coefficient (Wildman–Crippen LogP) is 5.15. The SMILES string of the molecule is CCCNCc1sc(-c2cc(Br)cs2)nc1C(F)(F)F.